The van der Waals surface area contributed by atoms with E-state index in [0.717, 1.165) is 100 Å². The average Bonchev–Trinajstić information content (AvgIpc) is 2.94. The maximum atomic E-state index is 13.6. The van der Waals surface area contributed by atoms with Crippen molar-refractivity contribution in [1.29, 1.82) is 0 Å². The van der Waals surface area contributed by atoms with Crippen LogP contribution in [0.2, 0.25) is 0 Å². The lowest BCUT2D eigenvalue weighted by Gasteiger charge is -2.47. The van der Waals surface area contributed by atoms with Gasteiger partial charge in [-0.05, 0) is 96.9 Å². The van der Waals surface area contributed by atoms with Crippen LogP contribution in [0.3, 0.4) is 0 Å². The second kappa shape index (κ2) is 15.6. The molecule has 3 atom stereocenters. The molecule has 1 aromatic carbocycles. The Hall–Kier alpha value is -1.92. The number of benzene rings is 1. The van der Waals surface area contributed by atoms with Crippen molar-refractivity contribution in [2.24, 2.45) is 0 Å². The number of hydrogen-bond donors (Lipinski definition) is 1. The number of unbranched alkanes of at least 4 members (excludes halogenated alkanes) is 3. The van der Waals surface area contributed by atoms with Gasteiger partial charge < -0.3 is 14.7 Å². The lowest BCUT2D eigenvalue weighted by Crippen LogP contribution is -2.63. The van der Waals surface area contributed by atoms with Gasteiger partial charge in [0.25, 0.3) is 5.91 Å². The van der Waals surface area contributed by atoms with E-state index in [1.54, 1.807) is 0 Å². The Morgan fingerprint density at radius 1 is 0.947 bits per heavy atom. The van der Waals surface area contributed by atoms with E-state index in [9.17, 15) is 9.59 Å². The van der Waals surface area contributed by atoms with Crippen molar-refractivity contribution in [3.05, 3.63) is 29.8 Å². The van der Waals surface area contributed by atoms with Gasteiger partial charge >= 0.3 is 0 Å². The molecule has 0 saturated carbocycles. The van der Waals surface area contributed by atoms with Crippen LogP contribution in [0, 0.1) is 6.92 Å². The fourth-order valence-corrected chi connectivity index (χ4v) is 6.83. The number of aryl methyl sites for hydroxylation is 1. The van der Waals surface area contributed by atoms with Gasteiger partial charge in [0, 0.05) is 25.2 Å². The molecular formula is C32H55N4O2+. The minimum Gasteiger partial charge on any atom is -0.342 e. The summed E-state index contributed by atoms with van der Waals surface area (Å²) in [6, 6.07) is 8.24. The summed E-state index contributed by atoms with van der Waals surface area (Å²) < 4.78 is 0.957. The number of likely N-dealkylation sites (N-methyl/N-ethyl adjacent to an activating group) is 1. The average molecular weight is 528 g/mol. The molecule has 38 heavy (non-hydrogen) atoms. The molecule has 2 fully saturated rings. The highest BCUT2D eigenvalue weighted by Gasteiger charge is 2.43. The zero-order valence-electron chi connectivity index (χ0n) is 24.9. The van der Waals surface area contributed by atoms with Gasteiger partial charge in [-0.25, -0.2) is 0 Å². The number of piperidine rings is 2. The number of nitrogens with zero attached hydrogens (tertiary/aromatic N) is 3. The van der Waals surface area contributed by atoms with Crippen molar-refractivity contribution < 1.29 is 14.1 Å². The van der Waals surface area contributed by atoms with Crippen LogP contribution in [-0.2, 0) is 9.59 Å². The SMILES string of the molecule is CCCC[N+]1(CCCCCN2CCCCC2C(=O)N(CC)CC)CCCCC1C(=O)Nc1ccccc1C. The maximum Gasteiger partial charge on any atom is 0.282 e. The van der Waals surface area contributed by atoms with Crippen molar-refractivity contribution in [3.63, 3.8) is 0 Å². The highest BCUT2D eigenvalue weighted by atomic mass is 16.2. The third kappa shape index (κ3) is 8.05. The number of anilines is 1. The minimum absolute atomic E-state index is 0.0491. The molecule has 2 aliphatic rings. The number of quaternary nitrogens is 1. The molecule has 3 rings (SSSR count). The fraction of sp³-hybridized carbons (Fsp3) is 0.750. The van der Waals surface area contributed by atoms with Crippen molar-refractivity contribution in [3.8, 4) is 0 Å². The smallest absolute Gasteiger partial charge is 0.282 e. The van der Waals surface area contributed by atoms with E-state index in [1.807, 2.05) is 23.1 Å². The monoisotopic (exact) mass is 527 g/mol. The first-order valence-corrected chi connectivity index (χ1v) is 15.7. The van der Waals surface area contributed by atoms with E-state index in [-0.39, 0.29) is 18.0 Å². The summed E-state index contributed by atoms with van der Waals surface area (Å²) in [4.78, 5) is 31.2. The molecule has 2 amide bonds. The summed E-state index contributed by atoms with van der Waals surface area (Å²) in [7, 11) is 0. The molecule has 1 N–H and O–H groups in total. The summed E-state index contributed by atoms with van der Waals surface area (Å²) in [6.07, 6.45) is 12.5. The predicted molar refractivity (Wildman–Crippen MR) is 158 cm³/mol. The lowest BCUT2D eigenvalue weighted by molar-refractivity contribution is -0.947. The first-order valence-electron chi connectivity index (χ1n) is 15.7. The van der Waals surface area contributed by atoms with Crippen LogP contribution >= 0.6 is 0 Å². The van der Waals surface area contributed by atoms with Crippen molar-refractivity contribution in [2.45, 2.75) is 110 Å². The van der Waals surface area contributed by atoms with Gasteiger partial charge in [0.2, 0.25) is 5.91 Å². The van der Waals surface area contributed by atoms with Gasteiger partial charge in [0.15, 0.2) is 6.04 Å². The number of para-hydroxylation sites is 1. The third-order valence-electron chi connectivity index (χ3n) is 9.18. The van der Waals surface area contributed by atoms with Gasteiger partial charge in [-0.2, -0.15) is 0 Å². The zero-order valence-corrected chi connectivity index (χ0v) is 24.9. The lowest BCUT2D eigenvalue weighted by atomic mass is 9.95. The van der Waals surface area contributed by atoms with E-state index in [0.29, 0.717) is 5.91 Å². The Morgan fingerprint density at radius 2 is 1.68 bits per heavy atom. The summed E-state index contributed by atoms with van der Waals surface area (Å²) in [6.45, 7) is 15.5. The zero-order chi connectivity index (χ0) is 27.4. The third-order valence-corrected chi connectivity index (χ3v) is 9.18. The Balaban J connectivity index is 1.58. The molecule has 3 unspecified atom stereocenters. The quantitative estimate of drug-likeness (QED) is 0.239. The normalized spacial score (nSPS) is 24.2. The van der Waals surface area contributed by atoms with Crippen LogP contribution in [0.1, 0.15) is 97.0 Å². The molecule has 6 nitrogen and oxygen atoms in total. The van der Waals surface area contributed by atoms with Gasteiger partial charge in [-0.15, -0.1) is 0 Å². The Morgan fingerprint density at radius 3 is 2.42 bits per heavy atom. The highest BCUT2D eigenvalue weighted by molar-refractivity contribution is 5.94. The van der Waals surface area contributed by atoms with E-state index in [2.05, 4.69) is 44.0 Å². The first-order chi connectivity index (χ1) is 18.5. The molecule has 2 aliphatic heterocycles. The van der Waals surface area contributed by atoms with Gasteiger partial charge in [0.1, 0.15) is 0 Å². The first kappa shape index (κ1) is 30.6. The Labute approximate surface area is 232 Å². The molecule has 0 spiro atoms. The second-order valence-electron chi connectivity index (χ2n) is 11.7. The van der Waals surface area contributed by atoms with Crippen LogP contribution in [0.5, 0.6) is 0 Å². The second-order valence-corrected chi connectivity index (χ2v) is 11.7. The van der Waals surface area contributed by atoms with E-state index in [1.165, 1.54) is 32.1 Å². The van der Waals surface area contributed by atoms with E-state index in [4.69, 9.17) is 0 Å². The molecule has 2 heterocycles. The van der Waals surface area contributed by atoms with E-state index < -0.39 is 0 Å². The predicted octanol–water partition coefficient (Wildman–Crippen LogP) is 6.00. The van der Waals surface area contributed by atoms with E-state index >= 15 is 0 Å². The molecule has 0 bridgehead atoms. The molecule has 6 heteroatoms. The van der Waals surface area contributed by atoms with Gasteiger partial charge in [-0.1, -0.05) is 38.0 Å². The van der Waals surface area contributed by atoms with Crippen LogP contribution in [0.15, 0.2) is 24.3 Å². The van der Waals surface area contributed by atoms with Crippen molar-refractivity contribution >= 4 is 17.5 Å². The summed E-state index contributed by atoms with van der Waals surface area (Å²) in [5.74, 6) is 0.538. The minimum atomic E-state index is 0.0491. The molecule has 214 valence electrons. The number of carbonyl (C=O) groups excluding carboxylic acids is 2. The largest absolute Gasteiger partial charge is 0.342 e. The van der Waals surface area contributed by atoms with Crippen molar-refractivity contribution in [2.75, 3.05) is 51.1 Å². The topological polar surface area (TPSA) is 52.7 Å². The molecule has 0 aromatic heterocycles. The number of amides is 2. The number of likely N-dealkylation sites (tertiary alicyclic amines) is 2. The standard InChI is InChI=1S/C32H54N4O2/c1-5-8-24-36(26-17-13-21-30(36)31(37)33-28-19-11-10-18-27(28)4)25-16-9-14-22-35-23-15-12-20-29(35)32(38)34(6-2)7-3/h10-11,18-19,29-30H,5-9,12-17,20-26H2,1-4H3/p+1. The van der Waals surface area contributed by atoms with Gasteiger partial charge in [-0.3, -0.25) is 14.5 Å². The maximum absolute atomic E-state index is 13.6. The summed E-state index contributed by atoms with van der Waals surface area (Å²) in [5, 5.41) is 3.29. The number of carbonyl (C=O) groups is 2. The molecular weight excluding hydrogens is 472 g/mol. The molecule has 1 aromatic rings. The molecule has 0 aliphatic carbocycles. The number of hydrogen-bond acceptors (Lipinski definition) is 3. The fourth-order valence-electron chi connectivity index (χ4n) is 6.83. The summed E-state index contributed by atoms with van der Waals surface area (Å²) in [5.41, 5.74) is 2.07. The van der Waals surface area contributed by atoms with Crippen LogP contribution in [0.25, 0.3) is 0 Å². The van der Waals surface area contributed by atoms with Crippen LogP contribution in [0.4, 0.5) is 5.69 Å². The van der Waals surface area contributed by atoms with Gasteiger partial charge in [0.05, 0.1) is 25.7 Å². The molecule has 0 radical (unpaired) electrons. The number of nitrogens with one attached hydrogen (secondary N) is 1. The van der Waals surface area contributed by atoms with Crippen LogP contribution < -0.4 is 5.32 Å². The highest BCUT2D eigenvalue weighted by Crippen LogP contribution is 2.30. The Bertz CT molecular complexity index is 871. The Kier molecular flexibility index (Phi) is 12.6. The molecule has 2 saturated heterocycles. The van der Waals surface area contributed by atoms with Crippen molar-refractivity contribution in [1.82, 2.24) is 9.80 Å². The number of rotatable bonds is 14. The van der Waals surface area contributed by atoms with Crippen LogP contribution in [-0.4, -0.2) is 84.0 Å². The summed E-state index contributed by atoms with van der Waals surface area (Å²) >= 11 is 0.